The summed E-state index contributed by atoms with van der Waals surface area (Å²) in [5.41, 5.74) is 0.618. The van der Waals surface area contributed by atoms with E-state index in [1.807, 2.05) is 0 Å². The van der Waals surface area contributed by atoms with Crippen molar-refractivity contribution in [1.82, 2.24) is 9.97 Å². The molecule has 0 aliphatic rings. The maximum absolute atomic E-state index is 10.8. The van der Waals surface area contributed by atoms with Gasteiger partial charge in [0.15, 0.2) is 5.69 Å². The minimum Gasteiger partial charge on any atom is -0.477 e. The molecular weight excluding hydrogens is 238 g/mol. The lowest BCUT2D eigenvalue weighted by Gasteiger charge is -2.05. The molecule has 0 aliphatic heterocycles. The minimum absolute atomic E-state index is 0.00345. The Bertz CT molecular complexity index is 443. The third-order valence-electron chi connectivity index (χ3n) is 1.79. The van der Waals surface area contributed by atoms with E-state index in [0.29, 0.717) is 23.9 Å². The molecule has 0 bridgehead atoms. The third-order valence-corrected chi connectivity index (χ3v) is 2.65. The lowest BCUT2D eigenvalue weighted by Crippen LogP contribution is -2.11. The van der Waals surface area contributed by atoms with Crippen LogP contribution < -0.4 is 5.32 Å². The summed E-state index contributed by atoms with van der Waals surface area (Å²) in [5.74, 6) is 3.29. The summed E-state index contributed by atoms with van der Waals surface area (Å²) in [5, 5.41) is 11.8. The summed E-state index contributed by atoms with van der Waals surface area (Å²) >= 11 is 1.62. The standard InChI is InChI=1S/C11H13N3O2S/c1-3-5-17-6-4-12-11-13-8(2)7-9(14-11)10(15)16/h1,7H,4-6H2,2H3,(H,15,16)(H,12,13,14). The number of terminal acetylenes is 1. The van der Waals surface area contributed by atoms with Crippen LogP contribution >= 0.6 is 11.8 Å². The molecule has 17 heavy (non-hydrogen) atoms. The average molecular weight is 251 g/mol. The number of nitrogens with zero attached hydrogens (tertiary/aromatic N) is 2. The number of thioether (sulfide) groups is 1. The van der Waals surface area contributed by atoms with Gasteiger partial charge in [0.2, 0.25) is 5.95 Å². The van der Waals surface area contributed by atoms with Gasteiger partial charge in [0.25, 0.3) is 0 Å². The first-order valence-electron chi connectivity index (χ1n) is 4.97. The molecule has 0 aliphatic carbocycles. The number of carbonyl (C=O) groups is 1. The molecule has 1 heterocycles. The van der Waals surface area contributed by atoms with Crippen molar-refractivity contribution in [2.24, 2.45) is 0 Å². The molecule has 0 atom stereocenters. The summed E-state index contributed by atoms with van der Waals surface area (Å²) in [7, 11) is 0. The second-order valence-electron chi connectivity index (χ2n) is 3.21. The molecule has 1 aromatic rings. The van der Waals surface area contributed by atoms with E-state index in [2.05, 4.69) is 21.2 Å². The molecular formula is C11H13N3O2S. The van der Waals surface area contributed by atoms with E-state index < -0.39 is 5.97 Å². The fourth-order valence-electron chi connectivity index (χ4n) is 1.12. The molecule has 0 saturated carbocycles. The van der Waals surface area contributed by atoms with Gasteiger partial charge in [0.05, 0.1) is 5.75 Å². The molecule has 90 valence electrons. The normalized spacial score (nSPS) is 9.65. The lowest BCUT2D eigenvalue weighted by molar-refractivity contribution is 0.0690. The van der Waals surface area contributed by atoms with E-state index >= 15 is 0 Å². The smallest absolute Gasteiger partial charge is 0.354 e. The van der Waals surface area contributed by atoms with Gasteiger partial charge in [-0.3, -0.25) is 0 Å². The fraction of sp³-hybridized carbons (Fsp3) is 0.364. The quantitative estimate of drug-likeness (QED) is 0.585. The van der Waals surface area contributed by atoms with E-state index in [0.717, 1.165) is 5.75 Å². The topological polar surface area (TPSA) is 75.1 Å². The lowest BCUT2D eigenvalue weighted by atomic mass is 10.3. The molecule has 0 fully saturated rings. The van der Waals surface area contributed by atoms with Crippen LogP contribution in [-0.2, 0) is 0 Å². The van der Waals surface area contributed by atoms with E-state index in [9.17, 15) is 4.79 Å². The highest BCUT2D eigenvalue weighted by molar-refractivity contribution is 7.99. The summed E-state index contributed by atoms with van der Waals surface area (Å²) in [6, 6.07) is 1.43. The molecule has 0 aromatic carbocycles. The van der Waals surface area contributed by atoms with Crippen molar-refractivity contribution in [2.45, 2.75) is 6.92 Å². The average Bonchev–Trinajstić information content (AvgIpc) is 2.28. The predicted octanol–water partition coefficient (Wildman–Crippen LogP) is 1.26. The number of anilines is 1. The number of carboxylic acids is 1. The van der Waals surface area contributed by atoms with Gasteiger partial charge in [-0.15, -0.1) is 18.2 Å². The maximum atomic E-state index is 10.8. The van der Waals surface area contributed by atoms with Crippen molar-refractivity contribution in [2.75, 3.05) is 23.4 Å². The molecule has 2 N–H and O–H groups in total. The summed E-state index contributed by atoms with van der Waals surface area (Å²) in [6.45, 7) is 2.38. The summed E-state index contributed by atoms with van der Waals surface area (Å²) < 4.78 is 0. The SMILES string of the molecule is C#CCSCCNc1nc(C)cc(C(=O)O)n1. The molecule has 1 rings (SSSR count). The Morgan fingerprint density at radius 2 is 2.41 bits per heavy atom. The number of nitrogens with one attached hydrogen (secondary N) is 1. The Hall–Kier alpha value is -1.74. The van der Waals surface area contributed by atoms with Crippen LogP contribution in [0.25, 0.3) is 0 Å². The fourth-order valence-corrected chi connectivity index (χ4v) is 1.63. The Kier molecular flexibility index (Phi) is 5.30. The Morgan fingerprint density at radius 1 is 1.65 bits per heavy atom. The molecule has 0 radical (unpaired) electrons. The molecule has 0 unspecified atom stereocenters. The van der Waals surface area contributed by atoms with Gasteiger partial charge < -0.3 is 10.4 Å². The zero-order chi connectivity index (χ0) is 12.7. The molecule has 0 amide bonds. The zero-order valence-corrected chi connectivity index (χ0v) is 10.3. The van der Waals surface area contributed by atoms with Crippen LogP contribution in [0.15, 0.2) is 6.07 Å². The van der Waals surface area contributed by atoms with Gasteiger partial charge in [-0.1, -0.05) is 5.92 Å². The van der Waals surface area contributed by atoms with Gasteiger partial charge in [0.1, 0.15) is 0 Å². The van der Waals surface area contributed by atoms with E-state index in [-0.39, 0.29) is 5.69 Å². The van der Waals surface area contributed by atoms with E-state index in [1.54, 1.807) is 18.7 Å². The van der Waals surface area contributed by atoms with Crippen LogP contribution in [-0.4, -0.2) is 39.1 Å². The maximum Gasteiger partial charge on any atom is 0.354 e. The summed E-state index contributed by atoms with van der Waals surface area (Å²) in [4.78, 5) is 18.8. The molecule has 0 spiro atoms. The highest BCUT2D eigenvalue weighted by atomic mass is 32.2. The Labute approximate surface area is 104 Å². The zero-order valence-electron chi connectivity index (χ0n) is 9.43. The second kappa shape index (κ2) is 6.76. The van der Waals surface area contributed by atoms with Gasteiger partial charge >= 0.3 is 5.97 Å². The number of hydrogen-bond acceptors (Lipinski definition) is 5. The first-order valence-corrected chi connectivity index (χ1v) is 6.13. The van der Waals surface area contributed by atoms with Gasteiger partial charge in [0, 0.05) is 18.0 Å². The van der Waals surface area contributed by atoms with Crippen LogP contribution in [0.4, 0.5) is 5.95 Å². The number of aryl methyl sites for hydroxylation is 1. The molecule has 1 aromatic heterocycles. The number of aromatic carboxylic acids is 1. The number of aromatic nitrogens is 2. The van der Waals surface area contributed by atoms with Crippen molar-refractivity contribution in [3.8, 4) is 12.3 Å². The first kappa shape index (κ1) is 13.3. The van der Waals surface area contributed by atoms with E-state index in [1.165, 1.54) is 6.07 Å². The first-order chi connectivity index (χ1) is 8.13. The second-order valence-corrected chi connectivity index (χ2v) is 4.31. The van der Waals surface area contributed by atoms with Crippen molar-refractivity contribution in [3.05, 3.63) is 17.5 Å². The number of carboxylic acid groups (broad SMARTS) is 1. The molecule has 6 heteroatoms. The van der Waals surface area contributed by atoms with Crippen LogP contribution in [0.5, 0.6) is 0 Å². The Morgan fingerprint density at radius 3 is 3.06 bits per heavy atom. The predicted molar refractivity (Wildman–Crippen MR) is 68.4 cm³/mol. The largest absolute Gasteiger partial charge is 0.477 e. The monoisotopic (exact) mass is 251 g/mol. The number of hydrogen-bond donors (Lipinski definition) is 2. The minimum atomic E-state index is -1.06. The van der Waals surface area contributed by atoms with Crippen molar-refractivity contribution in [1.29, 1.82) is 0 Å². The number of rotatable bonds is 6. The molecule has 5 nitrogen and oxygen atoms in total. The van der Waals surface area contributed by atoms with Crippen LogP contribution in [0.2, 0.25) is 0 Å². The van der Waals surface area contributed by atoms with Crippen molar-refractivity contribution >= 4 is 23.7 Å². The van der Waals surface area contributed by atoms with Crippen molar-refractivity contribution in [3.63, 3.8) is 0 Å². The van der Waals surface area contributed by atoms with Gasteiger partial charge in [-0.2, -0.15) is 0 Å². The molecule has 0 saturated heterocycles. The van der Waals surface area contributed by atoms with E-state index in [4.69, 9.17) is 11.5 Å². The van der Waals surface area contributed by atoms with Gasteiger partial charge in [-0.05, 0) is 13.0 Å². The van der Waals surface area contributed by atoms with Crippen LogP contribution in [0.1, 0.15) is 16.2 Å². The summed E-state index contributed by atoms with van der Waals surface area (Å²) in [6.07, 6.45) is 5.11. The van der Waals surface area contributed by atoms with Gasteiger partial charge in [-0.25, -0.2) is 14.8 Å². The highest BCUT2D eigenvalue weighted by Gasteiger charge is 2.07. The Balaban J connectivity index is 2.53. The van der Waals surface area contributed by atoms with Crippen LogP contribution in [0, 0.1) is 19.3 Å². The van der Waals surface area contributed by atoms with Crippen LogP contribution in [0.3, 0.4) is 0 Å². The third kappa shape index (κ3) is 4.74. The van der Waals surface area contributed by atoms with Crippen molar-refractivity contribution < 1.29 is 9.90 Å². The highest BCUT2D eigenvalue weighted by Crippen LogP contribution is 2.05.